The van der Waals surface area contributed by atoms with E-state index in [2.05, 4.69) is 20.4 Å². The molecule has 0 atom stereocenters. The van der Waals surface area contributed by atoms with Crippen molar-refractivity contribution in [3.8, 4) is 0 Å². The van der Waals surface area contributed by atoms with Crippen molar-refractivity contribution in [2.45, 2.75) is 12.6 Å². The number of aryl methyl sites for hydroxylation is 1. The number of nitrogens with one attached hydrogen (secondary N) is 1. The van der Waals surface area contributed by atoms with Gasteiger partial charge in [0.15, 0.2) is 0 Å². The molecule has 9 heteroatoms. The van der Waals surface area contributed by atoms with Gasteiger partial charge in [-0.15, -0.1) is 0 Å². The molecule has 0 spiro atoms. The van der Waals surface area contributed by atoms with E-state index in [-0.39, 0.29) is 11.0 Å². The summed E-state index contributed by atoms with van der Waals surface area (Å²) in [5.41, 5.74) is 0.830. The Morgan fingerprint density at radius 3 is 2.70 bits per heavy atom. The SMILES string of the molecule is Cn1ccc(CCNc2cc(Cl)nc(C(F)(F)F)n2)n1. The van der Waals surface area contributed by atoms with Gasteiger partial charge in [-0.05, 0) is 6.07 Å². The third kappa shape index (κ3) is 3.83. The minimum absolute atomic E-state index is 0.0354. The van der Waals surface area contributed by atoms with E-state index < -0.39 is 12.0 Å². The molecule has 0 aliphatic heterocycles. The van der Waals surface area contributed by atoms with Crippen molar-refractivity contribution in [1.82, 2.24) is 19.7 Å². The van der Waals surface area contributed by atoms with Crippen LogP contribution in [0.5, 0.6) is 0 Å². The Morgan fingerprint density at radius 2 is 2.10 bits per heavy atom. The van der Waals surface area contributed by atoms with E-state index in [1.54, 1.807) is 17.9 Å². The topological polar surface area (TPSA) is 55.6 Å². The molecule has 0 saturated heterocycles. The predicted octanol–water partition coefficient (Wildman–Crippen LogP) is 2.54. The minimum Gasteiger partial charge on any atom is -0.370 e. The van der Waals surface area contributed by atoms with Crippen LogP contribution >= 0.6 is 11.6 Å². The second kappa shape index (κ2) is 5.66. The Kier molecular flexibility index (Phi) is 4.12. The van der Waals surface area contributed by atoms with Crippen molar-refractivity contribution in [3.05, 3.63) is 35.0 Å². The Bertz CT molecular complexity index is 596. The first-order valence-corrected chi connectivity index (χ1v) is 6.06. The van der Waals surface area contributed by atoms with Gasteiger partial charge in [0.05, 0.1) is 5.69 Å². The van der Waals surface area contributed by atoms with Gasteiger partial charge in [0.1, 0.15) is 11.0 Å². The molecule has 0 saturated carbocycles. The van der Waals surface area contributed by atoms with Gasteiger partial charge in [0.25, 0.3) is 0 Å². The highest BCUT2D eigenvalue weighted by molar-refractivity contribution is 6.29. The second-order valence-electron chi connectivity index (χ2n) is 4.05. The average Bonchev–Trinajstić information content (AvgIpc) is 2.73. The first-order chi connectivity index (χ1) is 9.34. The van der Waals surface area contributed by atoms with Crippen molar-refractivity contribution in [2.24, 2.45) is 7.05 Å². The van der Waals surface area contributed by atoms with Gasteiger partial charge in [-0.2, -0.15) is 18.3 Å². The average molecular weight is 306 g/mol. The third-order valence-corrected chi connectivity index (χ3v) is 2.60. The Balaban J connectivity index is 2.00. The van der Waals surface area contributed by atoms with Crippen molar-refractivity contribution in [3.63, 3.8) is 0 Å². The summed E-state index contributed by atoms with van der Waals surface area (Å²) >= 11 is 5.55. The smallest absolute Gasteiger partial charge is 0.370 e. The highest BCUT2D eigenvalue weighted by atomic mass is 35.5. The van der Waals surface area contributed by atoms with Gasteiger partial charge in [-0.3, -0.25) is 4.68 Å². The van der Waals surface area contributed by atoms with Crippen molar-refractivity contribution >= 4 is 17.4 Å². The summed E-state index contributed by atoms with van der Waals surface area (Å²) in [4.78, 5) is 6.53. The van der Waals surface area contributed by atoms with Crippen LogP contribution in [0.1, 0.15) is 11.5 Å². The fourth-order valence-electron chi connectivity index (χ4n) is 1.55. The molecular formula is C11H11ClF3N5. The molecule has 2 heterocycles. The molecule has 2 aromatic rings. The maximum atomic E-state index is 12.5. The summed E-state index contributed by atoms with van der Waals surface area (Å²) in [7, 11) is 1.79. The lowest BCUT2D eigenvalue weighted by atomic mass is 10.3. The van der Waals surface area contributed by atoms with Gasteiger partial charge < -0.3 is 5.32 Å². The molecule has 0 aromatic carbocycles. The van der Waals surface area contributed by atoms with E-state index in [0.717, 1.165) is 5.69 Å². The molecule has 0 fully saturated rings. The summed E-state index contributed by atoms with van der Waals surface area (Å²) < 4.78 is 39.2. The zero-order valence-corrected chi connectivity index (χ0v) is 11.2. The molecule has 1 N–H and O–H groups in total. The summed E-state index contributed by atoms with van der Waals surface area (Å²) in [6, 6.07) is 3.07. The van der Waals surface area contributed by atoms with E-state index in [0.29, 0.717) is 13.0 Å². The standard InChI is InChI=1S/C11H11ClF3N5/c1-20-5-3-7(19-20)2-4-16-9-6-8(12)17-10(18-9)11(13,14)15/h3,5-6H,2,4H2,1H3,(H,16,17,18). The Morgan fingerprint density at radius 1 is 1.35 bits per heavy atom. The van der Waals surface area contributed by atoms with Crippen LogP contribution in [0.25, 0.3) is 0 Å². The van der Waals surface area contributed by atoms with Crippen molar-refractivity contribution in [2.75, 3.05) is 11.9 Å². The number of anilines is 1. The summed E-state index contributed by atoms with van der Waals surface area (Å²) in [6.45, 7) is 0.391. The lowest BCUT2D eigenvalue weighted by molar-refractivity contribution is -0.144. The van der Waals surface area contributed by atoms with Crippen LogP contribution in [-0.2, 0) is 19.6 Å². The van der Waals surface area contributed by atoms with E-state index in [9.17, 15) is 13.2 Å². The first kappa shape index (κ1) is 14.6. The van der Waals surface area contributed by atoms with Crippen LogP contribution in [0.15, 0.2) is 18.3 Å². The summed E-state index contributed by atoms with van der Waals surface area (Å²) in [5, 5.41) is 6.67. The van der Waals surface area contributed by atoms with Crippen molar-refractivity contribution < 1.29 is 13.2 Å². The zero-order chi connectivity index (χ0) is 14.8. The molecule has 0 unspecified atom stereocenters. The maximum Gasteiger partial charge on any atom is 0.451 e. The second-order valence-corrected chi connectivity index (χ2v) is 4.44. The van der Waals surface area contributed by atoms with Crippen molar-refractivity contribution in [1.29, 1.82) is 0 Å². The molecule has 108 valence electrons. The van der Waals surface area contributed by atoms with E-state index in [4.69, 9.17) is 11.6 Å². The Hall–Kier alpha value is -1.83. The molecule has 0 aliphatic rings. The predicted molar refractivity (Wildman–Crippen MR) is 67.4 cm³/mol. The molecule has 0 amide bonds. The van der Waals surface area contributed by atoms with Gasteiger partial charge in [0, 0.05) is 32.3 Å². The molecule has 0 bridgehead atoms. The molecule has 0 aliphatic carbocycles. The monoisotopic (exact) mass is 305 g/mol. The van der Waals surface area contributed by atoms with E-state index in [1.807, 2.05) is 6.07 Å². The molecule has 5 nitrogen and oxygen atoms in total. The van der Waals surface area contributed by atoms with E-state index >= 15 is 0 Å². The van der Waals surface area contributed by atoms with Gasteiger partial charge in [-0.25, -0.2) is 9.97 Å². The van der Waals surface area contributed by atoms with Gasteiger partial charge in [0.2, 0.25) is 5.82 Å². The number of rotatable bonds is 4. The number of hydrogen-bond donors (Lipinski definition) is 1. The number of alkyl halides is 3. The van der Waals surface area contributed by atoms with Crippen LogP contribution in [0.3, 0.4) is 0 Å². The highest BCUT2D eigenvalue weighted by Crippen LogP contribution is 2.28. The number of nitrogens with zero attached hydrogens (tertiary/aromatic N) is 4. The Labute approximate surface area is 117 Å². The fourth-order valence-corrected chi connectivity index (χ4v) is 1.73. The molecule has 0 radical (unpaired) electrons. The lowest BCUT2D eigenvalue weighted by Crippen LogP contribution is -2.14. The molecular weight excluding hydrogens is 295 g/mol. The molecule has 2 rings (SSSR count). The van der Waals surface area contributed by atoms with Crippen LogP contribution in [0.2, 0.25) is 5.15 Å². The zero-order valence-electron chi connectivity index (χ0n) is 10.4. The number of aromatic nitrogens is 4. The molecule has 2 aromatic heterocycles. The first-order valence-electron chi connectivity index (χ1n) is 5.69. The summed E-state index contributed by atoms with van der Waals surface area (Å²) in [6.07, 6.45) is -2.27. The highest BCUT2D eigenvalue weighted by Gasteiger charge is 2.35. The maximum absolute atomic E-state index is 12.5. The lowest BCUT2D eigenvalue weighted by Gasteiger charge is -2.09. The van der Waals surface area contributed by atoms with Crippen LogP contribution < -0.4 is 5.32 Å². The van der Waals surface area contributed by atoms with Gasteiger partial charge in [-0.1, -0.05) is 11.6 Å². The fraction of sp³-hybridized carbons (Fsp3) is 0.364. The summed E-state index contributed by atoms with van der Waals surface area (Å²) in [5.74, 6) is -1.22. The normalized spacial score (nSPS) is 11.7. The third-order valence-electron chi connectivity index (χ3n) is 2.40. The van der Waals surface area contributed by atoms with Gasteiger partial charge >= 0.3 is 6.18 Å². The van der Waals surface area contributed by atoms with E-state index in [1.165, 1.54) is 6.07 Å². The quantitative estimate of drug-likeness (QED) is 0.882. The minimum atomic E-state index is -4.62. The largest absolute Gasteiger partial charge is 0.451 e. The number of halogens is 4. The van der Waals surface area contributed by atoms with Crippen LogP contribution in [0.4, 0.5) is 19.0 Å². The van der Waals surface area contributed by atoms with Crippen LogP contribution in [0, 0.1) is 0 Å². The number of hydrogen-bond acceptors (Lipinski definition) is 4. The molecule has 20 heavy (non-hydrogen) atoms. The van der Waals surface area contributed by atoms with Crippen LogP contribution in [-0.4, -0.2) is 26.3 Å².